The summed E-state index contributed by atoms with van der Waals surface area (Å²) in [5, 5.41) is 8.83. The molecule has 1 heterocycles. The third-order valence-corrected chi connectivity index (χ3v) is 1.92. The number of nitrogens with zero attached hydrogens (tertiary/aromatic N) is 1. The average Bonchev–Trinajstić information content (AvgIpc) is 2.07. The number of rotatable bonds is 3. The number of pyridine rings is 1. The summed E-state index contributed by atoms with van der Waals surface area (Å²) in [5.74, 6) is -1.16. The number of aromatic nitrogens is 1. The summed E-state index contributed by atoms with van der Waals surface area (Å²) in [6.45, 7) is 3.20. The lowest BCUT2D eigenvalue weighted by Gasteiger charge is -2.05. The lowest BCUT2D eigenvalue weighted by Crippen LogP contribution is -2.10. The zero-order valence-electron chi connectivity index (χ0n) is 8.07. The van der Waals surface area contributed by atoms with Gasteiger partial charge < -0.3 is 5.11 Å². The molecule has 0 aliphatic carbocycles. The van der Waals surface area contributed by atoms with Gasteiger partial charge in [-0.05, 0) is 31.0 Å². The van der Waals surface area contributed by atoms with Crippen molar-refractivity contribution in [2.45, 2.75) is 20.3 Å². The van der Waals surface area contributed by atoms with E-state index in [0.717, 1.165) is 5.56 Å². The van der Waals surface area contributed by atoms with E-state index in [0.29, 0.717) is 5.56 Å². The van der Waals surface area contributed by atoms with Crippen LogP contribution in [0.1, 0.15) is 28.5 Å². The van der Waals surface area contributed by atoms with Gasteiger partial charge in [-0.2, -0.15) is 0 Å². The number of carbonyl (C=O) groups is 2. The molecule has 0 radical (unpaired) electrons. The lowest BCUT2D eigenvalue weighted by molar-refractivity contribution is -0.116. The van der Waals surface area contributed by atoms with Gasteiger partial charge in [0.1, 0.15) is 5.78 Å². The minimum atomic E-state index is -1.09. The van der Waals surface area contributed by atoms with Gasteiger partial charge in [0.15, 0.2) is 5.69 Å². The van der Waals surface area contributed by atoms with Crippen molar-refractivity contribution in [2.24, 2.45) is 0 Å². The van der Waals surface area contributed by atoms with Crippen LogP contribution in [-0.2, 0) is 11.2 Å². The predicted molar refractivity (Wildman–Crippen MR) is 50.3 cm³/mol. The Morgan fingerprint density at radius 2 is 2.14 bits per heavy atom. The summed E-state index contributed by atoms with van der Waals surface area (Å²) in [7, 11) is 0. The Morgan fingerprint density at radius 3 is 2.64 bits per heavy atom. The van der Waals surface area contributed by atoms with Gasteiger partial charge in [-0.25, -0.2) is 9.78 Å². The van der Waals surface area contributed by atoms with E-state index in [2.05, 4.69) is 4.98 Å². The van der Waals surface area contributed by atoms with Gasteiger partial charge in [0.2, 0.25) is 0 Å². The molecule has 0 amide bonds. The molecule has 0 saturated heterocycles. The normalized spacial score (nSPS) is 9.86. The first-order chi connectivity index (χ1) is 6.52. The molecule has 1 N–H and O–H groups in total. The Kier molecular flexibility index (Phi) is 2.96. The quantitative estimate of drug-likeness (QED) is 0.783. The fraction of sp³-hybridized carbons (Fsp3) is 0.300. The molecule has 0 atom stereocenters. The lowest BCUT2D eigenvalue weighted by atomic mass is 10.0. The van der Waals surface area contributed by atoms with Crippen LogP contribution >= 0.6 is 0 Å². The SMILES string of the molecule is CC(=O)Cc1c(C)ccnc1C(=O)O. The molecule has 1 aromatic heterocycles. The highest BCUT2D eigenvalue weighted by atomic mass is 16.4. The number of aromatic carboxylic acids is 1. The fourth-order valence-corrected chi connectivity index (χ4v) is 1.25. The van der Waals surface area contributed by atoms with Gasteiger partial charge >= 0.3 is 5.97 Å². The third kappa shape index (κ3) is 2.16. The highest BCUT2D eigenvalue weighted by molar-refractivity contribution is 5.90. The van der Waals surface area contributed by atoms with Crippen LogP contribution in [0.25, 0.3) is 0 Å². The summed E-state index contributed by atoms with van der Waals surface area (Å²) in [6.07, 6.45) is 1.56. The van der Waals surface area contributed by atoms with E-state index < -0.39 is 5.97 Å². The monoisotopic (exact) mass is 193 g/mol. The fourth-order valence-electron chi connectivity index (χ4n) is 1.25. The second-order valence-electron chi connectivity index (χ2n) is 3.14. The maximum absolute atomic E-state index is 10.9. The molecular weight excluding hydrogens is 182 g/mol. The molecule has 0 unspecified atom stereocenters. The van der Waals surface area contributed by atoms with Gasteiger partial charge in [0.25, 0.3) is 0 Å². The van der Waals surface area contributed by atoms with Gasteiger partial charge in [0, 0.05) is 12.6 Å². The van der Waals surface area contributed by atoms with Crippen molar-refractivity contribution in [1.82, 2.24) is 4.98 Å². The number of carbonyl (C=O) groups excluding carboxylic acids is 1. The molecule has 0 saturated carbocycles. The largest absolute Gasteiger partial charge is 0.477 e. The number of carboxylic acids is 1. The first-order valence-electron chi connectivity index (χ1n) is 4.19. The Labute approximate surface area is 81.6 Å². The Balaban J connectivity index is 3.22. The summed E-state index contributed by atoms with van der Waals surface area (Å²) >= 11 is 0. The molecular formula is C10H11NO3. The number of carboxylic acid groups (broad SMARTS) is 1. The van der Waals surface area contributed by atoms with E-state index in [1.54, 1.807) is 13.0 Å². The summed E-state index contributed by atoms with van der Waals surface area (Å²) in [4.78, 5) is 25.4. The van der Waals surface area contributed by atoms with Gasteiger partial charge in [-0.3, -0.25) is 4.79 Å². The minimum Gasteiger partial charge on any atom is -0.477 e. The molecule has 0 aliphatic rings. The van der Waals surface area contributed by atoms with Gasteiger partial charge in [-0.1, -0.05) is 0 Å². The van der Waals surface area contributed by atoms with Crippen LogP contribution in [-0.4, -0.2) is 21.8 Å². The van der Waals surface area contributed by atoms with E-state index in [-0.39, 0.29) is 17.9 Å². The maximum Gasteiger partial charge on any atom is 0.354 e. The summed E-state index contributed by atoms with van der Waals surface area (Å²) in [5.41, 5.74) is 1.26. The minimum absolute atomic E-state index is 0.0276. The first-order valence-corrected chi connectivity index (χ1v) is 4.19. The van der Waals surface area contributed by atoms with Crippen LogP contribution in [0.2, 0.25) is 0 Å². The molecule has 1 aromatic rings. The summed E-state index contributed by atoms with van der Waals surface area (Å²) < 4.78 is 0. The van der Waals surface area contributed by atoms with Crippen molar-refractivity contribution in [1.29, 1.82) is 0 Å². The average molecular weight is 193 g/mol. The van der Waals surface area contributed by atoms with E-state index in [4.69, 9.17) is 5.11 Å². The number of ketones is 1. The Hall–Kier alpha value is -1.71. The standard InChI is InChI=1S/C10H11NO3/c1-6-3-4-11-9(10(13)14)8(6)5-7(2)12/h3-4H,5H2,1-2H3,(H,13,14). The van der Waals surface area contributed by atoms with E-state index in [1.165, 1.54) is 13.1 Å². The molecule has 0 fully saturated rings. The molecule has 4 heteroatoms. The second kappa shape index (κ2) is 4.00. The number of aryl methyl sites for hydroxylation is 1. The molecule has 0 aromatic carbocycles. The van der Waals surface area contributed by atoms with Crippen LogP contribution in [0.5, 0.6) is 0 Å². The van der Waals surface area contributed by atoms with Crippen LogP contribution in [0.15, 0.2) is 12.3 Å². The van der Waals surface area contributed by atoms with E-state index >= 15 is 0 Å². The molecule has 0 aliphatic heterocycles. The zero-order valence-corrected chi connectivity index (χ0v) is 8.07. The number of Topliss-reactive ketones (excluding diaryl/α,β-unsaturated/α-hetero) is 1. The predicted octanol–water partition coefficient (Wildman–Crippen LogP) is 1.22. The highest BCUT2D eigenvalue weighted by Crippen LogP contribution is 2.12. The van der Waals surface area contributed by atoms with Crippen molar-refractivity contribution in [2.75, 3.05) is 0 Å². The van der Waals surface area contributed by atoms with Crippen molar-refractivity contribution in [3.63, 3.8) is 0 Å². The molecule has 0 bridgehead atoms. The topological polar surface area (TPSA) is 67.3 Å². The third-order valence-electron chi connectivity index (χ3n) is 1.92. The van der Waals surface area contributed by atoms with Crippen molar-refractivity contribution < 1.29 is 14.7 Å². The maximum atomic E-state index is 10.9. The van der Waals surface area contributed by atoms with Crippen molar-refractivity contribution in [3.05, 3.63) is 29.1 Å². The van der Waals surface area contributed by atoms with E-state index in [9.17, 15) is 9.59 Å². The Bertz CT molecular complexity index is 385. The molecule has 0 spiro atoms. The van der Waals surface area contributed by atoms with Crippen LogP contribution in [0.3, 0.4) is 0 Å². The smallest absolute Gasteiger partial charge is 0.354 e. The second-order valence-corrected chi connectivity index (χ2v) is 3.14. The van der Waals surface area contributed by atoms with Crippen LogP contribution < -0.4 is 0 Å². The van der Waals surface area contributed by atoms with Gasteiger partial charge in [0.05, 0.1) is 0 Å². The number of hydrogen-bond donors (Lipinski definition) is 1. The van der Waals surface area contributed by atoms with E-state index in [1.807, 2.05) is 0 Å². The first kappa shape index (κ1) is 10.4. The molecule has 74 valence electrons. The number of hydrogen-bond acceptors (Lipinski definition) is 3. The zero-order chi connectivity index (χ0) is 10.7. The highest BCUT2D eigenvalue weighted by Gasteiger charge is 2.14. The van der Waals surface area contributed by atoms with Crippen LogP contribution in [0.4, 0.5) is 0 Å². The molecule has 4 nitrogen and oxygen atoms in total. The Morgan fingerprint density at radius 1 is 1.50 bits per heavy atom. The molecule has 1 rings (SSSR count). The summed E-state index contributed by atoms with van der Waals surface area (Å²) in [6, 6.07) is 1.70. The van der Waals surface area contributed by atoms with Crippen molar-refractivity contribution in [3.8, 4) is 0 Å². The van der Waals surface area contributed by atoms with Crippen LogP contribution in [0, 0.1) is 6.92 Å². The van der Waals surface area contributed by atoms with Gasteiger partial charge in [-0.15, -0.1) is 0 Å². The molecule has 14 heavy (non-hydrogen) atoms. The van der Waals surface area contributed by atoms with Crippen molar-refractivity contribution >= 4 is 11.8 Å².